The molecule has 5 heteroatoms. The van der Waals surface area contributed by atoms with Crippen molar-refractivity contribution in [2.45, 2.75) is 26.3 Å². The second-order valence-corrected chi connectivity index (χ2v) is 6.45. The number of carbonyl (C=O) groups excluding carboxylic acids is 1. The van der Waals surface area contributed by atoms with Gasteiger partial charge >= 0.3 is 0 Å². The molecule has 0 saturated heterocycles. The third-order valence-electron chi connectivity index (χ3n) is 2.82. The molecule has 1 aromatic heterocycles. The largest absolute Gasteiger partial charge is 0.339 e. The zero-order valence-corrected chi connectivity index (χ0v) is 13.4. The van der Waals surface area contributed by atoms with Crippen LogP contribution < -0.4 is 0 Å². The molecule has 0 aliphatic heterocycles. The van der Waals surface area contributed by atoms with Gasteiger partial charge in [0.05, 0.1) is 5.56 Å². The second kappa shape index (κ2) is 7.79. The molecule has 1 aromatic rings. The van der Waals surface area contributed by atoms with Crippen molar-refractivity contribution in [1.29, 1.82) is 0 Å². The predicted molar refractivity (Wildman–Crippen MR) is 81.1 cm³/mol. The van der Waals surface area contributed by atoms with E-state index in [0.717, 1.165) is 22.4 Å². The van der Waals surface area contributed by atoms with E-state index >= 15 is 0 Å². The van der Waals surface area contributed by atoms with Crippen molar-refractivity contribution in [3.63, 3.8) is 0 Å². The number of hydrogen-bond acceptors (Lipinski definition) is 3. The van der Waals surface area contributed by atoms with Gasteiger partial charge in [-0.15, -0.1) is 0 Å². The zero-order chi connectivity index (χ0) is 13.5. The molecule has 18 heavy (non-hydrogen) atoms. The normalized spacial score (nSPS) is 12.2. The van der Waals surface area contributed by atoms with Crippen LogP contribution in [0.5, 0.6) is 0 Å². The van der Waals surface area contributed by atoms with E-state index in [1.54, 1.807) is 23.4 Å². The van der Waals surface area contributed by atoms with Gasteiger partial charge in [-0.1, -0.05) is 6.92 Å². The molecule has 1 atom stereocenters. The van der Waals surface area contributed by atoms with Crippen LogP contribution in [0.1, 0.15) is 30.6 Å². The predicted octanol–water partition coefficient (Wildman–Crippen LogP) is 3.45. The number of rotatable bonds is 6. The van der Waals surface area contributed by atoms with Gasteiger partial charge in [-0.05, 0) is 46.8 Å². The summed E-state index contributed by atoms with van der Waals surface area (Å²) in [6.45, 7) is 4.23. The van der Waals surface area contributed by atoms with Crippen molar-refractivity contribution < 1.29 is 4.79 Å². The second-order valence-electron chi connectivity index (χ2n) is 4.14. The van der Waals surface area contributed by atoms with Gasteiger partial charge in [0.25, 0.3) is 5.91 Å². The van der Waals surface area contributed by atoms with E-state index < -0.39 is 0 Å². The molecule has 0 aliphatic rings. The first-order valence-electron chi connectivity index (χ1n) is 6.01. The van der Waals surface area contributed by atoms with Gasteiger partial charge in [0.2, 0.25) is 0 Å². The lowest BCUT2D eigenvalue weighted by molar-refractivity contribution is 0.0741. The Morgan fingerprint density at radius 2 is 2.28 bits per heavy atom. The number of aromatic nitrogens is 1. The number of halogens is 1. The number of carbonyl (C=O) groups is 1. The van der Waals surface area contributed by atoms with Gasteiger partial charge in [-0.25, -0.2) is 0 Å². The molecular formula is C13H19BrN2OS. The average molecular weight is 331 g/mol. The smallest absolute Gasteiger partial charge is 0.255 e. The van der Waals surface area contributed by atoms with E-state index in [0.29, 0.717) is 5.56 Å². The molecular weight excluding hydrogens is 312 g/mol. The Morgan fingerprint density at radius 3 is 2.89 bits per heavy atom. The third-order valence-corrected chi connectivity index (χ3v) is 4.18. The number of hydrogen-bond donors (Lipinski definition) is 0. The van der Waals surface area contributed by atoms with Crippen LogP contribution in [0.15, 0.2) is 22.9 Å². The first-order valence-corrected chi connectivity index (χ1v) is 7.96. The van der Waals surface area contributed by atoms with Crippen molar-refractivity contribution in [2.75, 3.05) is 18.6 Å². The zero-order valence-electron chi connectivity index (χ0n) is 11.0. The molecule has 1 amide bonds. The van der Waals surface area contributed by atoms with Crippen LogP contribution in [0, 0.1) is 0 Å². The molecule has 0 aliphatic carbocycles. The molecule has 0 saturated carbocycles. The third kappa shape index (κ3) is 4.61. The Bertz CT molecular complexity index is 400. The van der Waals surface area contributed by atoms with Crippen LogP contribution in [0.25, 0.3) is 0 Å². The Labute approximate surface area is 121 Å². The maximum atomic E-state index is 12.2. The van der Waals surface area contributed by atoms with E-state index in [2.05, 4.69) is 34.8 Å². The molecule has 0 radical (unpaired) electrons. The number of amides is 1. The molecule has 1 heterocycles. The first-order chi connectivity index (χ1) is 8.56. The van der Waals surface area contributed by atoms with Crippen molar-refractivity contribution in [1.82, 2.24) is 9.88 Å². The fraction of sp³-hybridized carbons (Fsp3) is 0.538. The molecule has 100 valence electrons. The minimum absolute atomic E-state index is 0.0257. The molecule has 0 fully saturated rings. The van der Waals surface area contributed by atoms with Crippen molar-refractivity contribution in [3.05, 3.63) is 28.5 Å². The van der Waals surface area contributed by atoms with Gasteiger partial charge in [-0.2, -0.15) is 11.8 Å². The standard InChI is InChI=1S/C13H19BrN2OS/c1-4-18-6-5-10(2)16(3)13(17)11-7-12(14)9-15-8-11/h7-10H,4-6H2,1-3H3/t10-/m0/s1. The Hall–Kier alpha value is -0.550. The quantitative estimate of drug-likeness (QED) is 0.749. The number of thioether (sulfide) groups is 1. The molecule has 3 nitrogen and oxygen atoms in total. The molecule has 0 N–H and O–H groups in total. The fourth-order valence-corrected chi connectivity index (χ4v) is 2.69. The van der Waals surface area contributed by atoms with E-state index in [4.69, 9.17) is 0 Å². The van der Waals surface area contributed by atoms with Gasteiger partial charge < -0.3 is 4.90 Å². The lowest BCUT2D eigenvalue weighted by Crippen LogP contribution is -2.35. The summed E-state index contributed by atoms with van der Waals surface area (Å²) in [6, 6.07) is 2.05. The highest BCUT2D eigenvalue weighted by Gasteiger charge is 2.17. The van der Waals surface area contributed by atoms with Crippen LogP contribution in [0.4, 0.5) is 0 Å². The minimum Gasteiger partial charge on any atom is -0.339 e. The van der Waals surface area contributed by atoms with Crippen molar-refractivity contribution in [2.24, 2.45) is 0 Å². The summed E-state index contributed by atoms with van der Waals surface area (Å²) in [5.41, 5.74) is 0.627. The summed E-state index contributed by atoms with van der Waals surface area (Å²) < 4.78 is 0.830. The fourth-order valence-electron chi connectivity index (χ4n) is 1.52. The summed E-state index contributed by atoms with van der Waals surface area (Å²) in [6.07, 6.45) is 4.30. The maximum absolute atomic E-state index is 12.2. The summed E-state index contributed by atoms with van der Waals surface area (Å²) in [4.78, 5) is 18.0. The van der Waals surface area contributed by atoms with Gasteiger partial charge in [0, 0.05) is 30.0 Å². The molecule has 0 aromatic carbocycles. The molecule has 0 unspecified atom stereocenters. The first kappa shape index (κ1) is 15.5. The summed E-state index contributed by atoms with van der Waals surface area (Å²) >= 11 is 5.24. The minimum atomic E-state index is 0.0257. The van der Waals surface area contributed by atoms with Crippen LogP contribution in [-0.4, -0.2) is 40.4 Å². The highest BCUT2D eigenvalue weighted by atomic mass is 79.9. The number of nitrogens with zero attached hydrogens (tertiary/aromatic N) is 2. The average Bonchev–Trinajstić information content (AvgIpc) is 2.37. The van der Waals surface area contributed by atoms with Crippen LogP contribution >= 0.6 is 27.7 Å². The van der Waals surface area contributed by atoms with Crippen LogP contribution in [0.3, 0.4) is 0 Å². The number of pyridine rings is 1. The lowest BCUT2D eigenvalue weighted by Gasteiger charge is -2.24. The highest BCUT2D eigenvalue weighted by Crippen LogP contribution is 2.14. The van der Waals surface area contributed by atoms with Crippen molar-refractivity contribution in [3.8, 4) is 0 Å². The Morgan fingerprint density at radius 1 is 1.56 bits per heavy atom. The van der Waals surface area contributed by atoms with Crippen LogP contribution in [0.2, 0.25) is 0 Å². The lowest BCUT2D eigenvalue weighted by atomic mass is 10.2. The van der Waals surface area contributed by atoms with E-state index in [9.17, 15) is 4.79 Å². The topological polar surface area (TPSA) is 33.2 Å². The molecule has 0 spiro atoms. The van der Waals surface area contributed by atoms with E-state index in [-0.39, 0.29) is 11.9 Å². The monoisotopic (exact) mass is 330 g/mol. The van der Waals surface area contributed by atoms with E-state index in [1.165, 1.54) is 0 Å². The van der Waals surface area contributed by atoms with Gasteiger partial charge in [0.1, 0.15) is 0 Å². The maximum Gasteiger partial charge on any atom is 0.255 e. The highest BCUT2D eigenvalue weighted by molar-refractivity contribution is 9.10. The Kier molecular flexibility index (Phi) is 6.71. The van der Waals surface area contributed by atoms with E-state index in [1.807, 2.05) is 18.8 Å². The van der Waals surface area contributed by atoms with Crippen molar-refractivity contribution >= 4 is 33.6 Å². The summed E-state index contributed by atoms with van der Waals surface area (Å²) in [7, 11) is 1.85. The van der Waals surface area contributed by atoms with Gasteiger partial charge in [-0.3, -0.25) is 9.78 Å². The Balaban J connectivity index is 2.60. The SMILES string of the molecule is CCSCC[C@H](C)N(C)C(=O)c1cncc(Br)c1. The summed E-state index contributed by atoms with van der Waals surface area (Å²) in [5, 5.41) is 0. The van der Waals surface area contributed by atoms with Crippen LogP contribution in [-0.2, 0) is 0 Å². The summed E-state index contributed by atoms with van der Waals surface area (Å²) in [5.74, 6) is 2.24. The molecule has 1 rings (SSSR count). The molecule has 0 bridgehead atoms. The van der Waals surface area contributed by atoms with Gasteiger partial charge in [0.15, 0.2) is 0 Å².